The summed E-state index contributed by atoms with van der Waals surface area (Å²) < 4.78 is 0. The van der Waals surface area contributed by atoms with Gasteiger partial charge in [-0.25, -0.2) is 9.59 Å². The van der Waals surface area contributed by atoms with E-state index in [1.54, 1.807) is 0 Å². The summed E-state index contributed by atoms with van der Waals surface area (Å²) in [6.07, 6.45) is 1.26. The van der Waals surface area contributed by atoms with Gasteiger partial charge in [0.1, 0.15) is 0 Å². The Morgan fingerprint density at radius 1 is 1.24 bits per heavy atom. The van der Waals surface area contributed by atoms with Crippen molar-refractivity contribution < 1.29 is 19.8 Å². The van der Waals surface area contributed by atoms with Gasteiger partial charge in [0.25, 0.3) is 0 Å². The van der Waals surface area contributed by atoms with Crippen molar-refractivity contribution in [3.8, 4) is 0 Å². The summed E-state index contributed by atoms with van der Waals surface area (Å²) >= 11 is 0. The van der Waals surface area contributed by atoms with Gasteiger partial charge in [-0.2, -0.15) is 0 Å². The van der Waals surface area contributed by atoms with Crippen LogP contribution in [0.5, 0.6) is 0 Å². The van der Waals surface area contributed by atoms with Crippen molar-refractivity contribution in [2.45, 2.75) is 18.9 Å². The van der Waals surface area contributed by atoms with Crippen LogP contribution >= 0.6 is 12.4 Å². The third-order valence-corrected chi connectivity index (χ3v) is 2.87. The number of hydrogen-bond donors (Lipinski definition) is 3. The number of carbonyl (C=O) groups is 2. The molecule has 0 fully saturated rings. The van der Waals surface area contributed by atoms with Gasteiger partial charge in [0.15, 0.2) is 0 Å². The van der Waals surface area contributed by atoms with E-state index in [2.05, 4.69) is 0 Å². The van der Waals surface area contributed by atoms with Gasteiger partial charge in [0, 0.05) is 6.04 Å². The van der Waals surface area contributed by atoms with Gasteiger partial charge in [-0.05, 0) is 36.1 Å². The molecule has 0 aliphatic heterocycles. The minimum absolute atomic E-state index is 0. The third-order valence-electron chi connectivity index (χ3n) is 2.87. The summed E-state index contributed by atoms with van der Waals surface area (Å²) in [6.45, 7) is 0. The van der Waals surface area contributed by atoms with E-state index >= 15 is 0 Å². The molecule has 0 saturated carbocycles. The van der Waals surface area contributed by atoms with E-state index in [-0.39, 0.29) is 29.6 Å². The lowest BCUT2D eigenvalue weighted by molar-refractivity contribution is 0.0695. The molecule has 2 rings (SSSR count). The number of halogens is 1. The average Bonchev–Trinajstić information content (AvgIpc) is 2.59. The Kier molecular flexibility index (Phi) is 3.75. The van der Waals surface area contributed by atoms with Crippen LogP contribution in [0.4, 0.5) is 0 Å². The summed E-state index contributed by atoms with van der Waals surface area (Å²) in [4.78, 5) is 21.9. The first-order valence-corrected chi connectivity index (χ1v) is 4.89. The number of fused-ring (bicyclic) bond motifs is 1. The van der Waals surface area contributed by atoms with Crippen molar-refractivity contribution in [3.05, 3.63) is 34.4 Å². The first-order valence-electron chi connectivity index (χ1n) is 4.89. The van der Waals surface area contributed by atoms with Gasteiger partial charge in [0.05, 0.1) is 11.1 Å². The van der Waals surface area contributed by atoms with E-state index in [1.165, 1.54) is 12.1 Å². The van der Waals surface area contributed by atoms with Crippen LogP contribution in [0.15, 0.2) is 12.1 Å². The molecule has 1 aliphatic carbocycles. The van der Waals surface area contributed by atoms with Gasteiger partial charge in [0.2, 0.25) is 0 Å². The summed E-state index contributed by atoms with van der Waals surface area (Å²) in [6, 6.07) is 2.41. The van der Waals surface area contributed by atoms with Crippen LogP contribution in [0.25, 0.3) is 0 Å². The van der Waals surface area contributed by atoms with Crippen LogP contribution in [0.2, 0.25) is 0 Å². The lowest BCUT2D eigenvalue weighted by Crippen LogP contribution is -2.10. The number of carboxylic acid groups (broad SMARTS) is 2. The second-order valence-electron chi connectivity index (χ2n) is 3.85. The summed E-state index contributed by atoms with van der Waals surface area (Å²) in [5.74, 6) is -2.24. The number of nitrogens with two attached hydrogens (primary N) is 1. The SMILES string of the molecule is Cl.NC1CCc2c(C(=O)O)cc(C(=O)O)cc21. The van der Waals surface area contributed by atoms with Crippen LogP contribution in [0, 0.1) is 0 Å². The van der Waals surface area contributed by atoms with Crippen molar-refractivity contribution in [3.63, 3.8) is 0 Å². The minimum Gasteiger partial charge on any atom is -0.478 e. The molecule has 0 spiro atoms. The molecule has 0 amide bonds. The van der Waals surface area contributed by atoms with Gasteiger partial charge in [-0.3, -0.25) is 0 Å². The highest BCUT2D eigenvalue weighted by molar-refractivity contribution is 5.95. The van der Waals surface area contributed by atoms with Crippen molar-refractivity contribution in [2.75, 3.05) is 0 Å². The lowest BCUT2D eigenvalue weighted by atomic mass is 9.98. The van der Waals surface area contributed by atoms with Gasteiger partial charge in [-0.15, -0.1) is 12.4 Å². The maximum atomic E-state index is 11.0. The molecule has 92 valence electrons. The Labute approximate surface area is 104 Å². The van der Waals surface area contributed by atoms with Crippen molar-refractivity contribution in [1.82, 2.24) is 0 Å². The van der Waals surface area contributed by atoms with Gasteiger partial charge in [-0.1, -0.05) is 0 Å². The molecule has 1 aliphatic rings. The predicted molar refractivity (Wildman–Crippen MR) is 62.9 cm³/mol. The van der Waals surface area contributed by atoms with Crippen molar-refractivity contribution >= 4 is 24.3 Å². The molecule has 1 atom stereocenters. The van der Waals surface area contributed by atoms with Crippen molar-refractivity contribution in [1.29, 1.82) is 0 Å². The molecule has 4 N–H and O–H groups in total. The molecule has 17 heavy (non-hydrogen) atoms. The largest absolute Gasteiger partial charge is 0.478 e. The fraction of sp³-hybridized carbons (Fsp3) is 0.273. The molecule has 0 saturated heterocycles. The van der Waals surface area contributed by atoms with Gasteiger partial charge >= 0.3 is 11.9 Å². The number of rotatable bonds is 2. The smallest absolute Gasteiger partial charge is 0.335 e. The molecule has 6 heteroatoms. The predicted octanol–water partition coefficient (Wildman–Crippen LogP) is 1.45. The molecule has 0 bridgehead atoms. The van der Waals surface area contributed by atoms with Crippen LogP contribution in [0.1, 0.15) is 44.3 Å². The Hall–Kier alpha value is -1.59. The second kappa shape index (κ2) is 4.73. The molecule has 1 unspecified atom stereocenters. The summed E-state index contributed by atoms with van der Waals surface area (Å²) in [7, 11) is 0. The molecular weight excluding hydrogens is 246 g/mol. The van der Waals surface area contributed by atoms with Crippen LogP contribution in [-0.4, -0.2) is 22.2 Å². The average molecular weight is 258 g/mol. The van der Waals surface area contributed by atoms with E-state index in [0.29, 0.717) is 24.0 Å². The van der Waals surface area contributed by atoms with Crippen LogP contribution in [-0.2, 0) is 6.42 Å². The summed E-state index contributed by atoms with van der Waals surface area (Å²) in [5, 5.41) is 17.9. The molecule has 1 aromatic carbocycles. The Balaban J connectivity index is 0.00000144. The maximum absolute atomic E-state index is 11.0. The standard InChI is InChI=1S/C11H11NO4.ClH/c12-9-2-1-6-7(9)3-5(10(13)14)4-8(6)11(15)16;/h3-4,9H,1-2,12H2,(H,13,14)(H,15,16);1H. The Morgan fingerprint density at radius 3 is 2.41 bits per heavy atom. The topological polar surface area (TPSA) is 101 Å². The zero-order chi connectivity index (χ0) is 11.9. The van der Waals surface area contributed by atoms with E-state index in [9.17, 15) is 9.59 Å². The van der Waals surface area contributed by atoms with E-state index in [4.69, 9.17) is 15.9 Å². The highest BCUT2D eigenvalue weighted by atomic mass is 35.5. The molecule has 0 radical (unpaired) electrons. The zero-order valence-electron chi connectivity index (χ0n) is 8.84. The third kappa shape index (κ3) is 2.25. The molecule has 0 aromatic heterocycles. The van der Waals surface area contributed by atoms with E-state index in [1.807, 2.05) is 0 Å². The highest BCUT2D eigenvalue weighted by Crippen LogP contribution is 2.32. The minimum atomic E-state index is -1.13. The Bertz CT molecular complexity index is 487. The first-order chi connectivity index (χ1) is 7.50. The van der Waals surface area contributed by atoms with E-state index in [0.717, 1.165) is 0 Å². The maximum Gasteiger partial charge on any atom is 0.335 e. The fourth-order valence-electron chi connectivity index (χ4n) is 2.07. The number of aromatic carboxylic acids is 2. The quantitative estimate of drug-likeness (QED) is 0.744. The normalized spacial score (nSPS) is 17.1. The molecule has 1 aromatic rings. The number of hydrogen-bond acceptors (Lipinski definition) is 3. The lowest BCUT2D eigenvalue weighted by Gasteiger charge is -2.08. The Morgan fingerprint density at radius 2 is 1.88 bits per heavy atom. The molecular formula is C11H12ClNO4. The van der Waals surface area contributed by atoms with Crippen LogP contribution < -0.4 is 5.73 Å². The highest BCUT2D eigenvalue weighted by Gasteiger charge is 2.26. The van der Waals surface area contributed by atoms with Crippen LogP contribution in [0.3, 0.4) is 0 Å². The monoisotopic (exact) mass is 257 g/mol. The summed E-state index contributed by atoms with van der Waals surface area (Å²) in [5.41, 5.74) is 7.16. The fourth-order valence-corrected chi connectivity index (χ4v) is 2.07. The number of carboxylic acids is 2. The molecule has 5 nitrogen and oxygen atoms in total. The molecule has 0 heterocycles. The second-order valence-corrected chi connectivity index (χ2v) is 3.85. The van der Waals surface area contributed by atoms with Gasteiger partial charge < -0.3 is 15.9 Å². The van der Waals surface area contributed by atoms with E-state index < -0.39 is 11.9 Å². The van der Waals surface area contributed by atoms with Crippen molar-refractivity contribution in [2.24, 2.45) is 5.73 Å². The zero-order valence-corrected chi connectivity index (χ0v) is 9.66. The number of benzene rings is 1. The first kappa shape index (κ1) is 13.5.